The van der Waals surface area contributed by atoms with Crippen molar-refractivity contribution in [2.75, 3.05) is 0 Å². The molecule has 2 heteroatoms. The second-order valence-electron chi connectivity index (χ2n) is 6.37. The molecule has 1 heterocycles. The van der Waals surface area contributed by atoms with Gasteiger partial charge >= 0.3 is 0 Å². The van der Waals surface area contributed by atoms with E-state index in [9.17, 15) is 5.11 Å². The van der Waals surface area contributed by atoms with Crippen LogP contribution < -0.4 is 0 Å². The molecule has 2 aliphatic rings. The molecule has 1 aromatic heterocycles. The van der Waals surface area contributed by atoms with Gasteiger partial charge in [-0.2, -0.15) is 0 Å². The molecular formula is C16H25NO. The predicted octanol–water partition coefficient (Wildman–Crippen LogP) is 3.60. The van der Waals surface area contributed by atoms with Gasteiger partial charge in [-0.15, -0.1) is 0 Å². The van der Waals surface area contributed by atoms with E-state index in [0.29, 0.717) is 0 Å². The van der Waals surface area contributed by atoms with Gasteiger partial charge in [0.1, 0.15) is 0 Å². The van der Waals surface area contributed by atoms with Crippen LogP contribution in [0.3, 0.4) is 0 Å². The molecule has 1 aromatic rings. The van der Waals surface area contributed by atoms with E-state index in [1.165, 1.54) is 42.8 Å². The standard InChI is InChI=1S/C16H25NO/c1-11-5-3-6-13(11)10-17-12(2)9-14-15(17)7-4-8-16(14)18/h9,11,13,16,18H,3-8,10H2,1-2H3. The van der Waals surface area contributed by atoms with E-state index in [1.807, 2.05) is 0 Å². The predicted molar refractivity (Wildman–Crippen MR) is 73.6 cm³/mol. The largest absolute Gasteiger partial charge is 0.388 e. The summed E-state index contributed by atoms with van der Waals surface area (Å²) in [5, 5.41) is 10.1. The highest BCUT2D eigenvalue weighted by Crippen LogP contribution is 2.36. The lowest BCUT2D eigenvalue weighted by molar-refractivity contribution is 0.155. The molecule has 0 spiro atoms. The van der Waals surface area contributed by atoms with Crippen molar-refractivity contribution in [1.82, 2.24) is 4.57 Å². The summed E-state index contributed by atoms with van der Waals surface area (Å²) in [6, 6.07) is 2.22. The van der Waals surface area contributed by atoms with E-state index < -0.39 is 0 Å². The highest BCUT2D eigenvalue weighted by Gasteiger charge is 2.27. The number of aryl methyl sites for hydroxylation is 1. The Bertz CT molecular complexity index is 435. The lowest BCUT2D eigenvalue weighted by Crippen LogP contribution is -2.18. The third-order valence-electron chi connectivity index (χ3n) is 5.16. The minimum atomic E-state index is -0.213. The summed E-state index contributed by atoms with van der Waals surface area (Å²) < 4.78 is 2.50. The first-order chi connectivity index (χ1) is 8.66. The van der Waals surface area contributed by atoms with E-state index in [1.54, 1.807) is 0 Å². The lowest BCUT2D eigenvalue weighted by atomic mass is 9.94. The normalized spacial score (nSPS) is 31.6. The van der Waals surface area contributed by atoms with Gasteiger partial charge in [0.05, 0.1) is 6.10 Å². The van der Waals surface area contributed by atoms with Crippen molar-refractivity contribution in [3.05, 3.63) is 23.0 Å². The molecule has 0 aromatic carbocycles. The molecule has 1 saturated carbocycles. The molecule has 100 valence electrons. The van der Waals surface area contributed by atoms with Crippen molar-refractivity contribution in [2.45, 2.75) is 65.0 Å². The summed E-state index contributed by atoms with van der Waals surface area (Å²) in [5.41, 5.74) is 3.98. The Morgan fingerprint density at radius 2 is 2.11 bits per heavy atom. The molecule has 2 nitrogen and oxygen atoms in total. The first-order valence-corrected chi connectivity index (χ1v) is 7.53. The molecule has 0 bridgehead atoms. The van der Waals surface area contributed by atoms with Crippen LogP contribution in [0.15, 0.2) is 6.07 Å². The van der Waals surface area contributed by atoms with Crippen molar-refractivity contribution >= 4 is 0 Å². The Kier molecular flexibility index (Phi) is 3.23. The maximum absolute atomic E-state index is 10.1. The second-order valence-corrected chi connectivity index (χ2v) is 6.37. The number of aliphatic hydroxyl groups is 1. The molecule has 3 rings (SSSR count). The molecule has 0 saturated heterocycles. The molecular weight excluding hydrogens is 222 g/mol. The SMILES string of the molecule is Cc1cc2c(n1CC1CCCC1C)CCCC2O. The number of aliphatic hydroxyl groups excluding tert-OH is 1. The summed E-state index contributed by atoms with van der Waals surface area (Å²) in [4.78, 5) is 0. The summed E-state index contributed by atoms with van der Waals surface area (Å²) >= 11 is 0. The molecule has 2 aliphatic carbocycles. The van der Waals surface area contributed by atoms with Crippen LogP contribution in [0, 0.1) is 18.8 Å². The van der Waals surface area contributed by atoms with Crippen molar-refractivity contribution in [3.8, 4) is 0 Å². The van der Waals surface area contributed by atoms with Gasteiger partial charge in [0, 0.05) is 23.5 Å². The number of aromatic nitrogens is 1. The highest BCUT2D eigenvalue weighted by atomic mass is 16.3. The summed E-state index contributed by atoms with van der Waals surface area (Å²) in [6.07, 6.45) is 7.20. The maximum atomic E-state index is 10.1. The fourth-order valence-corrected chi connectivity index (χ4v) is 3.92. The monoisotopic (exact) mass is 247 g/mol. The Hall–Kier alpha value is -0.760. The van der Waals surface area contributed by atoms with E-state index in [2.05, 4.69) is 24.5 Å². The highest BCUT2D eigenvalue weighted by molar-refractivity contribution is 5.31. The average Bonchev–Trinajstić information content (AvgIpc) is 2.87. The van der Waals surface area contributed by atoms with Crippen molar-refractivity contribution in [3.63, 3.8) is 0 Å². The minimum absolute atomic E-state index is 0.213. The number of rotatable bonds is 2. The number of hydrogen-bond donors (Lipinski definition) is 1. The van der Waals surface area contributed by atoms with Crippen molar-refractivity contribution < 1.29 is 5.11 Å². The zero-order valence-electron chi connectivity index (χ0n) is 11.7. The molecule has 1 N–H and O–H groups in total. The number of fused-ring (bicyclic) bond motifs is 1. The number of nitrogens with zero attached hydrogens (tertiary/aromatic N) is 1. The molecule has 3 unspecified atom stereocenters. The Morgan fingerprint density at radius 3 is 2.83 bits per heavy atom. The van der Waals surface area contributed by atoms with Gasteiger partial charge in [-0.05, 0) is 50.5 Å². The van der Waals surface area contributed by atoms with Crippen LogP contribution >= 0.6 is 0 Å². The first kappa shape index (κ1) is 12.3. The van der Waals surface area contributed by atoms with E-state index in [4.69, 9.17) is 0 Å². The quantitative estimate of drug-likeness (QED) is 0.848. The molecule has 0 aliphatic heterocycles. The summed E-state index contributed by atoms with van der Waals surface area (Å²) in [7, 11) is 0. The minimum Gasteiger partial charge on any atom is -0.388 e. The third-order valence-corrected chi connectivity index (χ3v) is 5.16. The zero-order valence-corrected chi connectivity index (χ0v) is 11.7. The van der Waals surface area contributed by atoms with Crippen LogP contribution in [0.1, 0.15) is 62.1 Å². The fraction of sp³-hybridized carbons (Fsp3) is 0.750. The van der Waals surface area contributed by atoms with Gasteiger partial charge in [-0.25, -0.2) is 0 Å². The fourth-order valence-electron chi connectivity index (χ4n) is 3.92. The Morgan fingerprint density at radius 1 is 1.28 bits per heavy atom. The van der Waals surface area contributed by atoms with Crippen LogP contribution in [0.5, 0.6) is 0 Å². The summed E-state index contributed by atoms with van der Waals surface area (Å²) in [5.74, 6) is 1.72. The van der Waals surface area contributed by atoms with Gasteiger partial charge in [-0.3, -0.25) is 0 Å². The van der Waals surface area contributed by atoms with Gasteiger partial charge in [0.25, 0.3) is 0 Å². The zero-order chi connectivity index (χ0) is 12.7. The van der Waals surface area contributed by atoms with E-state index >= 15 is 0 Å². The van der Waals surface area contributed by atoms with Crippen molar-refractivity contribution in [1.29, 1.82) is 0 Å². The first-order valence-electron chi connectivity index (χ1n) is 7.53. The van der Waals surface area contributed by atoms with Gasteiger partial charge in [0.2, 0.25) is 0 Å². The molecule has 0 radical (unpaired) electrons. The van der Waals surface area contributed by atoms with Crippen LogP contribution in [-0.4, -0.2) is 9.67 Å². The average molecular weight is 247 g/mol. The maximum Gasteiger partial charge on any atom is 0.0807 e. The lowest BCUT2D eigenvalue weighted by Gasteiger charge is -2.23. The molecule has 1 fully saturated rings. The smallest absolute Gasteiger partial charge is 0.0807 e. The second kappa shape index (κ2) is 4.73. The Balaban J connectivity index is 1.87. The van der Waals surface area contributed by atoms with Gasteiger partial charge in [-0.1, -0.05) is 19.8 Å². The van der Waals surface area contributed by atoms with Crippen LogP contribution in [0.4, 0.5) is 0 Å². The van der Waals surface area contributed by atoms with E-state index in [-0.39, 0.29) is 6.10 Å². The topological polar surface area (TPSA) is 25.2 Å². The molecule has 0 amide bonds. The van der Waals surface area contributed by atoms with Crippen LogP contribution in [0.2, 0.25) is 0 Å². The van der Waals surface area contributed by atoms with Gasteiger partial charge < -0.3 is 9.67 Å². The van der Waals surface area contributed by atoms with Gasteiger partial charge in [0.15, 0.2) is 0 Å². The number of hydrogen-bond acceptors (Lipinski definition) is 1. The van der Waals surface area contributed by atoms with Crippen molar-refractivity contribution in [2.24, 2.45) is 11.8 Å². The summed E-state index contributed by atoms with van der Waals surface area (Å²) in [6.45, 7) is 5.78. The van der Waals surface area contributed by atoms with Crippen LogP contribution in [-0.2, 0) is 13.0 Å². The van der Waals surface area contributed by atoms with Crippen LogP contribution in [0.25, 0.3) is 0 Å². The molecule has 3 atom stereocenters. The molecule has 18 heavy (non-hydrogen) atoms. The third kappa shape index (κ3) is 2.01. The van der Waals surface area contributed by atoms with E-state index in [0.717, 1.165) is 31.1 Å². The Labute approximate surface area is 110 Å².